The normalized spacial score (nSPS) is 12.4. The quantitative estimate of drug-likeness (QED) is 0.0942. The van der Waals surface area contributed by atoms with Crippen LogP contribution in [-0.2, 0) is 24.5 Å². The molecule has 1 atom stereocenters. The maximum Gasteiger partial charge on any atom is 0.307 e. The first-order valence-corrected chi connectivity index (χ1v) is 16.3. The summed E-state index contributed by atoms with van der Waals surface area (Å²) < 4.78 is 22.1. The van der Waals surface area contributed by atoms with E-state index in [-0.39, 0.29) is 36.7 Å². The summed E-state index contributed by atoms with van der Waals surface area (Å²) in [6.07, 6.45) is 3.98. The Morgan fingerprint density at radius 1 is 0.667 bits per heavy atom. The molecule has 0 aliphatic carbocycles. The second-order valence-electron chi connectivity index (χ2n) is 12.3. The number of hydrogen-bond donors (Lipinski definition) is 0. The van der Waals surface area contributed by atoms with Crippen LogP contribution in [0.2, 0.25) is 0 Å². The van der Waals surface area contributed by atoms with Gasteiger partial charge in [0, 0.05) is 24.9 Å². The Balaban J connectivity index is 1.74. The molecule has 2 rings (SSSR count). The van der Waals surface area contributed by atoms with Crippen LogP contribution in [0.3, 0.4) is 0 Å². The predicted molar refractivity (Wildman–Crippen MR) is 180 cm³/mol. The zero-order valence-electron chi connectivity index (χ0n) is 29.0. The molecular formula is C36H57N3O6. The SMILES string of the molecule is CCCC(=O)OCCOc1ccc(C(C)(C)c2ccc(OCCOC(=O)CCN(C)C(CCN(C)CCC)N(C)C)cc2)cc1. The highest BCUT2D eigenvalue weighted by Crippen LogP contribution is 2.33. The van der Waals surface area contributed by atoms with E-state index in [0.717, 1.165) is 55.0 Å². The molecule has 9 heteroatoms. The van der Waals surface area contributed by atoms with Gasteiger partial charge in [-0.2, -0.15) is 0 Å². The van der Waals surface area contributed by atoms with Crippen LogP contribution in [0, 0.1) is 0 Å². The summed E-state index contributed by atoms with van der Waals surface area (Å²) in [5, 5.41) is 0. The molecular weight excluding hydrogens is 570 g/mol. The maximum atomic E-state index is 12.4. The lowest BCUT2D eigenvalue weighted by Crippen LogP contribution is -2.45. The molecule has 0 aliphatic rings. The largest absolute Gasteiger partial charge is 0.490 e. The average Bonchev–Trinajstić information content (AvgIpc) is 3.01. The summed E-state index contributed by atoms with van der Waals surface area (Å²) in [7, 11) is 8.38. The van der Waals surface area contributed by atoms with Crippen molar-refractivity contribution in [1.29, 1.82) is 0 Å². The number of carbonyl (C=O) groups is 2. The van der Waals surface area contributed by atoms with E-state index in [4.69, 9.17) is 18.9 Å². The van der Waals surface area contributed by atoms with E-state index in [1.54, 1.807) is 0 Å². The fraction of sp³-hybridized carbons (Fsp3) is 0.611. The Labute approximate surface area is 271 Å². The number of ether oxygens (including phenoxy) is 4. The molecule has 0 heterocycles. The molecule has 0 N–H and O–H groups in total. The molecule has 0 saturated carbocycles. The lowest BCUT2D eigenvalue weighted by Gasteiger charge is -2.34. The number of hydrogen-bond acceptors (Lipinski definition) is 9. The zero-order chi connectivity index (χ0) is 33.2. The molecule has 0 spiro atoms. The van der Waals surface area contributed by atoms with Crippen molar-refractivity contribution in [3.63, 3.8) is 0 Å². The van der Waals surface area contributed by atoms with Crippen LogP contribution in [-0.4, -0.2) is 107 Å². The highest BCUT2D eigenvalue weighted by molar-refractivity contribution is 5.69. The molecule has 2 aromatic carbocycles. The van der Waals surface area contributed by atoms with E-state index in [2.05, 4.69) is 87.9 Å². The number of rotatable bonds is 22. The molecule has 9 nitrogen and oxygen atoms in total. The van der Waals surface area contributed by atoms with Gasteiger partial charge >= 0.3 is 11.9 Å². The van der Waals surface area contributed by atoms with Crippen LogP contribution in [0.15, 0.2) is 48.5 Å². The smallest absolute Gasteiger partial charge is 0.307 e. The van der Waals surface area contributed by atoms with Crippen LogP contribution in [0.25, 0.3) is 0 Å². The molecule has 2 aromatic rings. The van der Waals surface area contributed by atoms with Crippen LogP contribution in [0.4, 0.5) is 0 Å². The number of nitrogens with zero attached hydrogens (tertiary/aromatic N) is 3. The van der Waals surface area contributed by atoms with Crippen molar-refractivity contribution < 1.29 is 28.5 Å². The van der Waals surface area contributed by atoms with Crippen LogP contribution in [0.5, 0.6) is 11.5 Å². The van der Waals surface area contributed by atoms with Gasteiger partial charge in [-0.3, -0.25) is 19.4 Å². The van der Waals surface area contributed by atoms with Gasteiger partial charge in [0.05, 0.1) is 12.6 Å². The van der Waals surface area contributed by atoms with E-state index in [1.165, 1.54) is 0 Å². The topological polar surface area (TPSA) is 80.8 Å². The van der Waals surface area contributed by atoms with Crippen LogP contribution < -0.4 is 9.47 Å². The third kappa shape index (κ3) is 13.8. The fourth-order valence-electron chi connectivity index (χ4n) is 5.20. The Kier molecular flexibility index (Phi) is 17.0. The van der Waals surface area contributed by atoms with Gasteiger partial charge in [-0.1, -0.05) is 52.0 Å². The summed E-state index contributed by atoms with van der Waals surface area (Å²) >= 11 is 0. The summed E-state index contributed by atoms with van der Waals surface area (Å²) in [6.45, 7) is 12.3. The second kappa shape index (κ2) is 20.1. The molecule has 1 unspecified atom stereocenters. The minimum absolute atomic E-state index is 0.192. The van der Waals surface area contributed by atoms with Gasteiger partial charge in [0.15, 0.2) is 0 Å². The third-order valence-corrected chi connectivity index (χ3v) is 7.98. The van der Waals surface area contributed by atoms with Gasteiger partial charge in [-0.15, -0.1) is 0 Å². The molecule has 252 valence electrons. The highest BCUT2D eigenvalue weighted by atomic mass is 16.6. The number of benzene rings is 2. The average molecular weight is 628 g/mol. The molecule has 0 aromatic heterocycles. The van der Waals surface area contributed by atoms with Crippen molar-refractivity contribution in [2.24, 2.45) is 0 Å². The number of carbonyl (C=O) groups excluding carboxylic acids is 2. The van der Waals surface area contributed by atoms with E-state index >= 15 is 0 Å². The first-order chi connectivity index (χ1) is 21.5. The van der Waals surface area contributed by atoms with Gasteiger partial charge in [0.2, 0.25) is 0 Å². The monoisotopic (exact) mass is 627 g/mol. The number of esters is 2. The first kappa shape index (κ1) is 38.0. The van der Waals surface area contributed by atoms with Crippen LogP contribution in [0.1, 0.15) is 70.9 Å². The summed E-state index contributed by atoms with van der Waals surface area (Å²) in [5.74, 6) is 1.06. The van der Waals surface area contributed by atoms with Crippen molar-refractivity contribution in [3.8, 4) is 11.5 Å². The second-order valence-corrected chi connectivity index (χ2v) is 12.3. The van der Waals surface area contributed by atoms with E-state index in [9.17, 15) is 9.59 Å². The highest BCUT2D eigenvalue weighted by Gasteiger charge is 2.23. The van der Waals surface area contributed by atoms with Gasteiger partial charge in [0.1, 0.15) is 37.9 Å². The van der Waals surface area contributed by atoms with Gasteiger partial charge in [-0.05, 0) is 89.4 Å². The minimum atomic E-state index is -0.230. The maximum absolute atomic E-state index is 12.4. The lowest BCUT2D eigenvalue weighted by atomic mass is 9.78. The van der Waals surface area contributed by atoms with E-state index < -0.39 is 0 Å². The summed E-state index contributed by atoms with van der Waals surface area (Å²) in [4.78, 5) is 30.6. The fourth-order valence-corrected chi connectivity index (χ4v) is 5.20. The van der Waals surface area contributed by atoms with Crippen LogP contribution >= 0.6 is 0 Å². The van der Waals surface area contributed by atoms with E-state index in [1.807, 2.05) is 31.2 Å². The van der Waals surface area contributed by atoms with Crippen molar-refractivity contribution in [1.82, 2.24) is 14.7 Å². The van der Waals surface area contributed by atoms with E-state index in [0.29, 0.717) is 32.6 Å². The molecule has 0 amide bonds. The standard InChI is InChI=1S/C36H57N3O6/c1-9-11-34(40)44-27-25-42-31-16-12-29(13-17-31)36(3,4)30-14-18-32(19-15-30)43-26-28-45-35(41)21-24-39(8)33(37(5)6)20-23-38(7)22-10-2/h12-19,33H,9-11,20-28H2,1-8H3. The lowest BCUT2D eigenvalue weighted by molar-refractivity contribution is -0.145. The van der Waals surface area contributed by atoms with Crippen molar-refractivity contribution in [3.05, 3.63) is 59.7 Å². The molecule has 0 fully saturated rings. The Morgan fingerprint density at radius 2 is 1.16 bits per heavy atom. The molecule has 0 radical (unpaired) electrons. The predicted octanol–water partition coefficient (Wildman–Crippen LogP) is 5.60. The summed E-state index contributed by atoms with van der Waals surface area (Å²) in [5.41, 5.74) is 2.07. The minimum Gasteiger partial charge on any atom is -0.490 e. The van der Waals surface area contributed by atoms with Gasteiger partial charge < -0.3 is 23.8 Å². The zero-order valence-corrected chi connectivity index (χ0v) is 29.0. The van der Waals surface area contributed by atoms with Gasteiger partial charge in [0.25, 0.3) is 0 Å². The molecule has 0 aliphatic heterocycles. The molecule has 0 bridgehead atoms. The molecule has 0 saturated heterocycles. The van der Waals surface area contributed by atoms with Crippen molar-refractivity contribution in [2.45, 2.75) is 71.4 Å². The Morgan fingerprint density at radius 3 is 1.60 bits per heavy atom. The first-order valence-electron chi connectivity index (χ1n) is 16.3. The van der Waals surface area contributed by atoms with Crippen molar-refractivity contribution in [2.75, 3.05) is 74.3 Å². The van der Waals surface area contributed by atoms with Crippen molar-refractivity contribution >= 4 is 11.9 Å². The Hall–Kier alpha value is -3.14. The third-order valence-electron chi connectivity index (χ3n) is 7.98. The summed E-state index contributed by atoms with van der Waals surface area (Å²) in [6, 6.07) is 16.0. The Bertz CT molecular complexity index is 1120. The molecule has 45 heavy (non-hydrogen) atoms. The van der Waals surface area contributed by atoms with Gasteiger partial charge in [-0.25, -0.2) is 0 Å².